The lowest BCUT2D eigenvalue weighted by molar-refractivity contribution is 0.0641. The Bertz CT molecular complexity index is 436. The smallest absolute Gasteiger partial charge is 0.252 e. The van der Waals surface area contributed by atoms with Crippen molar-refractivity contribution in [2.24, 2.45) is 0 Å². The van der Waals surface area contributed by atoms with E-state index in [4.69, 9.17) is 0 Å². The van der Waals surface area contributed by atoms with Crippen LogP contribution in [0.15, 0.2) is 22.7 Å². The molecule has 92 valence electrons. The van der Waals surface area contributed by atoms with E-state index in [2.05, 4.69) is 21.2 Å². The summed E-state index contributed by atoms with van der Waals surface area (Å²) in [7, 11) is 0. The van der Waals surface area contributed by atoms with Crippen molar-refractivity contribution < 1.29 is 9.90 Å². The maximum absolute atomic E-state index is 12.1. The molecule has 3 nitrogen and oxygen atoms in total. The molecule has 2 N–H and O–H groups in total. The number of amides is 1. The van der Waals surface area contributed by atoms with E-state index in [-0.39, 0.29) is 18.1 Å². The molecule has 0 aliphatic heterocycles. The first kappa shape index (κ1) is 12.6. The normalized spacial score (nSPS) is 17.4. The number of carbonyl (C=O) groups excluding carboxylic acids is 1. The zero-order valence-electron chi connectivity index (χ0n) is 9.79. The van der Waals surface area contributed by atoms with Crippen LogP contribution in [-0.4, -0.2) is 23.2 Å². The second kappa shape index (κ2) is 4.78. The quantitative estimate of drug-likeness (QED) is 0.900. The fourth-order valence-corrected chi connectivity index (χ4v) is 2.43. The van der Waals surface area contributed by atoms with Crippen LogP contribution < -0.4 is 5.32 Å². The first-order valence-electron chi connectivity index (χ1n) is 5.76. The molecular weight excluding hydrogens is 282 g/mol. The molecule has 0 saturated heterocycles. The topological polar surface area (TPSA) is 49.3 Å². The van der Waals surface area contributed by atoms with E-state index in [0.717, 1.165) is 29.3 Å². The van der Waals surface area contributed by atoms with Gasteiger partial charge in [0.15, 0.2) is 0 Å². The van der Waals surface area contributed by atoms with Crippen molar-refractivity contribution >= 4 is 21.8 Å². The molecule has 1 amide bonds. The van der Waals surface area contributed by atoms with Crippen molar-refractivity contribution in [1.82, 2.24) is 5.32 Å². The molecule has 1 aliphatic carbocycles. The first-order chi connectivity index (χ1) is 8.06. The van der Waals surface area contributed by atoms with E-state index in [1.54, 1.807) is 0 Å². The summed E-state index contributed by atoms with van der Waals surface area (Å²) in [4.78, 5) is 12.1. The summed E-state index contributed by atoms with van der Waals surface area (Å²) >= 11 is 3.36. The third-order valence-electron chi connectivity index (χ3n) is 3.44. The van der Waals surface area contributed by atoms with E-state index >= 15 is 0 Å². The number of halogens is 1. The molecule has 1 aliphatic rings. The maximum Gasteiger partial charge on any atom is 0.252 e. The number of rotatable bonds is 3. The minimum Gasteiger partial charge on any atom is -0.394 e. The highest BCUT2D eigenvalue weighted by Gasteiger charge is 2.38. The molecule has 0 bridgehead atoms. The first-order valence-corrected chi connectivity index (χ1v) is 6.55. The molecule has 1 aromatic rings. The third-order valence-corrected chi connectivity index (χ3v) is 3.93. The third kappa shape index (κ3) is 2.53. The van der Waals surface area contributed by atoms with Gasteiger partial charge in [-0.1, -0.05) is 22.0 Å². The van der Waals surface area contributed by atoms with Gasteiger partial charge in [0.05, 0.1) is 12.1 Å². The largest absolute Gasteiger partial charge is 0.394 e. The number of nitrogens with one attached hydrogen (secondary N) is 1. The Hall–Kier alpha value is -0.870. The molecule has 4 heteroatoms. The molecular formula is C13H16BrNO2. The molecule has 0 spiro atoms. The van der Waals surface area contributed by atoms with Gasteiger partial charge >= 0.3 is 0 Å². The SMILES string of the molecule is Cc1ccc(Br)cc1C(=O)NC1(CO)CCC1. The molecule has 0 atom stereocenters. The van der Waals surface area contributed by atoms with Gasteiger partial charge in [-0.3, -0.25) is 4.79 Å². The van der Waals surface area contributed by atoms with E-state index in [0.29, 0.717) is 5.56 Å². The molecule has 0 radical (unpaired) electrons. The van der Waals surface area contributed by atoms with Gasteiger partial charge in [0.1, 0.15) is 0 Å². The average molecular weight is 298 g/mol. The highest BCUT2D eigenvalue weighted by atomic mass is 79.9. The van der Waals surface area contributed by atoms with Crippen LogP contribution in [-0.2, 0) is 0 Å². The predicted molar refractivity (Wildman–Crippen MR) is 70.0 cm³/mol. The molecule has 1 aromatic carbocycles. The van der Waals surface area contributed by atoms with E-state index in [1.165, 1.54) is 0 Å². The Morgan fingerprint density at radius 2 is 2.24 bits per heavy atom. The minimum atomic E-state index is -0.383. The molecule has 17 heavy (non-hydrogen) atoms. The van der Waals surface area contributed by atoms with Gasteiger partial charge in [0, 0.05) is 10.0 Å². The second-order valence-electron chi connectivity index (χ2n) is 4.71. The Labute approximate surface area is 109 Å². The second-order valence-corrected chi connectivity index (χ2v) is 5.62. The van der Waals surface area contributed by atoms with Crippen molar-refractivity contribution in [3.05, 3.63) is 33.8 Å². The van der Waals surface area contributed by atoms with Crippen molar-refractivity contribution in [1.29, 1.82) is 0 Å². The summed E-state index contributed by atoms with van der Waals surface area (Å²) in [5.74, 6) is -0.0995. The number of hydrogen-bond acceptors (Lipinski definition) is 2. The van der Waals surface area contributed by atoms with E-state index in [9.17, 15) is 9.90 Å². The average Bonchev–Trinajstić information content (AvgIpc) is 2.26. The summed E-state index contributed by atoms with van der Waals surface area (Å²) in [6.45, 7) is 1.93. The Morgan fingerprint density at radius 3 is 2.76 bits per heavy atom. The lowest BCUT2D eigenvalue weighted by atomic mass is 9.77. The van der Waals surface area contributed by atoms with Crippen LogP contribution >= 0.6 is 15.9 Å². The highest BCUT2D eigenvalue weighted by molar-refractivity contribution is 9.10. The summed E-state index contributed by atoms with van der Waals surface area (Å²) in [5.41, 5.74) is 1.23. The van der Waals surface area contributed by atoms with Crippen LogP contribution in [0.1, 0.15) is 35.2 Å². The van der Waals surface area contributed by atoms with Gasteiger partial charge in [-0.15, -0.1) is 0 Å². The minimum absolute atomic E-state index is 0.0196. The number of benzene rings is 1. The van der Waals surface area contributed by atoms with Gasteiger partial charge in [-0.2, -0.15) is 0 Å². The van der Waals surface area contributed by atoms with Crippen molar-refractivity contribution in [2.45, 2.75) is 31.7 Å². The van der Waals surface area contributed by atoms with Gasteiger partial charge in [0.2, 0.25) is 0 Å². The number of carbonyl (C=O) groups is 1. The molecule has 0 aromatic heterocycles. The van der Waals surface area contributed by atoms with Crippen LogP contribution in [0.5, 0.6) is 0 Å². The summed E-state index contributed by atoms with van der Waals surface area (Å²) < 4.78 is 0.889. The standard InChI is InChI=1S/C13H16BrNO2/c1-9-3-4-10(14)7-11(9)12(17)15-13(8-16)5-2-6-13/h3-4,7,16H,2,5-6,8H2,1H3,(H,15,17). The van der Waals surface area contributed by atoms with E-state index < -0.39 is 0 Å². The zero-order chi connectivity index (χ0) is 12.5. The van der Waals surface area contributed by atoms with Crippen molar-refractivity contribution in [3.8, 4) is 0 Å². The van der Waals surface area contributed by atoms with Gasteiger partial charge in [-0.05, 0) is 43.9 Å². The highest BCUT2D eigenvalue weighted by Crippen LogP contribution is 2.31. The fourth-order valence-electron chi connectivity index (χ4n) is 2.07. The maximum atomic E-state index is 12.1. The number of aliphatic hydroxyl groups is 1. The van der Waals surface area contributed by atoms with Crippen LogP contribution in [0.4, 0.5) is 0 Å². The molecule has 1 fully saturated rings. The lowest BCUT2D eigenvalue weighted by Gasteiger charge is -2.41. The number of hydrogen-bond donors (Lipinski definition) is 2. The fraction of sp³-hybridized carbons (Fsp3) is 0.462. The van der Waals surface area contributed by atoms with Crippen LogP contribution in [0.3, 0.4) is 0 Å². The zero-order valence-corrected chi connectivity index (χ0v) is 11.4. The number of aliphatic hydroxyl groups excluding tert-OH is 1. The Balaban J connectivity index is 2.17. The van der Waals surface area contributed by atoms with E-state index in [1.807, 2.05) is 25.1 Å². The summed E-state index contributed by atoms with van der Waals surface area (Å²) in [5, 5.41) is 12.3. The number of aryl methyl sites for hydroxylation is 1. The monoisotopic (exact) mass is 297 g/mol. The molecule has 1 saturated carbocycles. The summed E-state index contributed by atoms with van der Waals surface area (Å²) in [6, 6.07) is 5.64. The Kier molecular flexibility index (Phi) is 3.54. The van der Waals surface area contributed by atoms with Crippen molar-refractivity contribution in [3.63, 3.8) is 0 Å². The van der Waals surface area contributed by atoms with Gasteiger partial charge in [0.25, 0.3) is 5.91 Å². The van der Waals surface area contributed by atoms with Gasteiger partial charge < -0.3 is 10.4 Å². The Morgan fingerprint density at radius 1 is 1.53 bits per heavy atom. The molecule has 2 rings (SSSR count). The van der Waals surface area contributed by atoms with Gasteiger partial charge in [-0.25, -0.2) is 0 Å². The molecule has 0 heterocycles. The lowest BCUT2D eigenvalue weighted by Crippen LogP contribution is -2.56. The predicted octanol–water partition coefficient (Wildman–Crippen LogP) is 2.40. The van der Waals surface area contributed by atoms with Crippen LogP contribution in [0.2, 0.25) is 0 Å². The van der Waals surface area contributed by atoms with Crippen LogP contribution in [0, 0.1) is 6.92 Å². The van der Waals surface area contributed by atoms with Crippen molar-refractivity contribution in [2.75, 3.05) is 6.61 Å². The molecule has 0 unspecified atom stereocenters. The summed E-state index contributed by atoms with van der Waals surface area (Å²) in [6.07, 6.45) is 2.79. The van der Waals surface area contributed by atoms with Crippen LogP contribution in [0.25, 0.3) is 0 Å².